The first-order valence-electron chi connectivity index (χ1n) is 17.2. The maximum atomic E-state index is 13.7. The number of carbonyl (C=O) groups excluding carboxylic acids is 6. The molecular weight excluding hydrogens is 608 g/mol. The molecule has 0 N–H and O–H groups in total. The van der Waals surface area contributed by atoms with Crippen LogP contribution in [0.2, 0.25) is 0 Å². The summed E-state index contributed by atoms with van der Waals surface area (Å²) in [4.78, 5) is 85.0. The molecule has 2 aliphatic heterocycles. The fourth-order valence-corrected chi connectivity index (χ4v) is 8.21. The smallest absolute Gasteiger partial charge is 0.313 e. The number of nitrogens with zero attached hydrogens (tertiary/aromatic N) is 4. The van der Waals surface area contributed by atoms with E-state index >= 15 is 0 Å². The first kappa shape index (κ1) is 33.6. The van der Waals surface area contributed by atoms with Gasteiger partial charge in [-0.05, 0) is 68.9 Å². The Balaban J connectivity index is 1.10. The number of likely N-dealkylation sites (N-methyl/N-ethyl adjacent to an activating group) is 2. The second kappa shape index (κ2) is 12.9. The Labute approximate surface area is 282 Å². The van der Waals surface area contributed by atoms with Crippen molar-refractivity contribution in [3.8, 4) is 0 Å². The van der Waals surface area contributed by atoms with Crippen LogP contribution in [-0.2, 0) is 9.59 Å². The van der Waals surface area contributed by atoms with Crippen molar-refractivity contribution in [2.24, 2.45) is 11.8 Å². The van der Waals surface area contributed by atoms with Crippen LogP contribution in [0, 0.1) is 11.8 Å². The number of Topliss-reactive ketones (excluding diaryl/α,β-unsaturated/α-hetero) is 2. The van der Waals surface area contributed by atoms with Gasteiger partial charge in [-0.25, -0.2) is 9.59 Å². The number of benzene rings is 2. The number of imide groups is 2. The van der Waals surface area contributed by atoms with E-state index in [1.807, 2.05) is 31.2 Å². The maximum absolute atomic E-state index is 13.7. The van der Waals surface area contributed by atoms with Crippen molar-refractivity contribution in [2.75, 3.05) is 27.2 Å². The zero-order valence-electron chi connectivity index (χ0n) is 28.4. The summed E-state index contributed by atoms with van der Waals surface area (Å²) in [6, 6.07) is 15.3. The molecule has 4 fully saturated rings. The highest BCUT2D eigenvalue weighted by Crippen LogP contribution is 2.43. The van der Waals surface area contributed by atoms with Crippen LogP contribution >= 0.6 is 0 Å². The van der Waals surface area contributed by atoms with Gasteiger partial charge in [0.15, 0.2) is 11.6 Å². The zero-order chi connectivity index (χ0) is 34.4. The molecule has 48 heavy (non-hydrogen) atoms. The van der Waals surface area contributed by atoms with Gasteiger partial charge < -0.3 is 9.80 Å². The lowest BCUT2D eigenvalue weighted by atomic mass is 9.73. The van der Waals surface area contributed by atoms with Crippen LogP contribution in [0.5, 0.6) is 0 Å². The van der Waals surface area contributed by atoms with Gasteiger partial charge >= 0.3 is 12.1 Å². The minimum atomic E-state index is -1.06. The summed E-state index contributed by atoms with van der Waals surface area (Å²) in [5.41, 5.74) is -0.0515. The number of rotatable bonds is 11. The van der Waals surface area contributed by atoms with E-state index in [1.54, 1.807) is 51.4 Å². The number of ketones is 2. The van der Waals surface area contributed by atoms with Gasteiger partial charge in [-0.1, -0.05) is 80.6 Å². The first-order chi connectivity index (χ1) is 22.8. The highest BCUT2D eigenvalue weighted by molar-refractivity contribution is 6.12. The van der Waals surface area contributed by atoms with Crippen LogP contribution in [0.1, 0.15) is 104 Å². The number of carbonyl (C=O) groups is 6. The zero-order valence-corrected chi connectivity index (χ0v) is 28.4. The summed E-state index contributed by atoms with van der Waals surface area (Å²) in [6.07, 6.45) is 7.95. The predicted octanol–water partition coefficient (Wildman–Crippen LogP) is 5.91. The largest absolute Gasteiger partial charge is 0.327 e. The second-order valence-electron chi connectivity index (χ2n) is 14.8. The highest BCUT2D eigenvalue weighted by Gasteiger charge is 2.55. The number of urea groups is 2. The van der Waals surface area contributed by atoms with E-state index < -0.39 is 23.1 Å². The molecule has 6 amide bonds. The van der Waals surface area contributed by atoms with Gasteiger partial charge in [0, 0.05) is 25.2 Å². The fourth-order valence-electron chi connectivity index (χ4n) is 8.21. The molecule has 6 rings (SSSR count). The van der Waals surface area contributed by atoms with E-state index in [2.05, 4.69) is 0 Å². The van der Waals surface area contributed by atoms with E-state index in [-0.39, 0.29) is 48.3 Å². The molecule has 2 aliphatic carbocycles. The molecule has 2 aromatic carbocycles. The van der Waals surface area contributed by atoms with Gasteiger partial charge in [-0.2, -0.15) is 0 Å². The maximum Gasteiger partial charge on any atom is 0.327 e. The third kappa shape index (κ3) is 5.94. The monoisotopic (exact) mass is 654 g/mol. The average Bonchev–Trinajstić information content (AvgIpc) is 3.33. The SMILES string of the molecule is CN1C(=O)N(CC(=O)c2cccc(C3CCCC(CC4(C)C(=O)N(CC(=O)c5ccccc5)C(=O)N4C)C3)c2)C(=O)C1(C)CC1CCC1. The van der Waals surface area contributed by atoms with Crippen LogP contribution in [0.15, 0.2) is 54.6 Å². The number of hydrogen-bond donors (Lipinski definition) is 0. The lowest BCUT2D eigenvalue weighted by Gasteiger charge is -2.36. The minimum absolute atomic E-state index is 0.153. The molecule has 10 heteroatoms. The average molecular weight is 655 g/mol. The number of amides is 6. The molecule has 0 radical (unpaired) electrons. The highest BCUT2D eigenvalue weighted by atomic mass is 16.2. The Hall–Kier alpha value is -4.34. The van der Waals surface area contributed by atoms with E-state index in [4.69, 9.17) is 0 Å². The Morgan fingerprint density at radius 2 is 1.17 bits per heavy atom. The van der Waals surface area contributed by atoms with Gasteiger partial charge in [0.1, 0.15) is 11.1 Å². The van der Waals surface area contributed by atoms with Crippen LogP contribution < -0.4 is 0 Å². The Kier molecular flexibility index (Phi) is 9.04. The van der Waals surface area contributed by atoms with Crippen molar-refractivity contribution in [2.45, 2.75) is 88.6 Å². The summed E-state index contributed by atoms with van der Waals surface area (Å²) in [7, 11) is 3.28. The molecule has 2 saturated carbocycles. The summed E-state index contributed by atoms with van der Waals surface area (Å²) in [6.45, 7) is 3.02. The topological polar surface area (TPSA) is 115 Å². The molecule has 2 saturated heterocycles. The van der Waals surface area contributed by atoms with Crippen molar-refractivity contribution < 1.29 is 28.8 Å². The molecule has 0 aromatic heterocycles. The van der Waals surface area contributed by atoms with Crippen LogP contribution in [0.4, 0.5) is 9.59 Å². The molecule has 10 nitrogen and oxygen atoms in total. The summed E-state index contributed by atoms with van der Waals surface area (Å²) >= 11 is 0. The van der Waals surface area contributed by atoms with E-state index in [1.165, 1.54) is 9.80 Å². The molecule has 4 aliphatic rings. The lowest BCUT2D eigenvalue weighted by molar-refractivity contribution is -0.133. The van der Waals surface area contributed by atoms with E-state index in [9.17, 15) is 28.8 Å². The van der Waals surface area contributed by atoms with Crippen LogP contribution in [-0.4, -0.2) is 93.3 Å². The minimum Gasteiger partial charge on any atom is -0.313 e. The molecule has 0 bridgehead atoms. The second-order valence-corrected chi connectivity index (χ2v) is 14.8. The molecule has 0 spiro atoms. The van der Waals surface area contributed by atoms with Crippen LogP contribution in [0.3, 0.4) is 0 Å². The molecule has 4 atom stereocenters. The fraction of sp³-hybridized carbons (Fsp3) is 0.526. The molecule has 2 heterocycles. The van der Waals surface area contributed by atoms with Crippen molar-refractivity contribution in [1.29, 1.82) is 0 Å². The molecule has 2 aromatic rings. The van der Waals surface area contributed by atoms with Crippen molar-refractivity contribution >= 4 is 35.4 Å². The van der Waals surface area contributed by atoms with Gasteiger partial charge in [0.05, 0.1) is 13.1 Å². The first-order valence-corrected chi connectivity index (χ1v) is 17.2. The quantitative estimate of drug-likeness (QED) is 0.220. The molecular formula is C38H46N4O6. The standard InChI is InChI=1S/C38H46N4O6/c1-37(21-25-11-8-12-25)33(45)42(35(47)39(37)3)24-32(44)30-18-10-17-29(20-30)28-16-9-13-26(19-28)22-38(2)34(46)41(36(48)40(38)4)23-31(43)27-14-6-5-7-15-27/h5-7,10,14-15,17-18,20,25-26,28H,8-9,11-13,16,19,21-24H2,1-4H3. The van der Waals surface area contributed by atoms with E-state index in [0.717, 1.165) is 60.3 Å². The third-order valence-electron chi connectivity index (χ3n) is 11.7. The normalized spacial score (nSPS) is 28.0. The lowest BCUT2D eigenvalue weighted by Crippen LogP contribution is -2.47. The summed E-state index contributed by atoms with van der Waals surface area (Å²) < 4.78 is 0. The van der Waals surface area contributed by atoms with Gasteiger partial charge in [-0.15, -0.1) is 0 Å². The van der Waals surface area contributed by atoms with Crippen molar-refractivity contribution in [3.05, 3.63) is 71.3 Å². The van der Waals surface area contributed by atoms with Gasteiger partial charge in [0.2, 0.25) is 0 Å². The Morgan fingerprint density at radius 3 is 1.73 bits per heavy atom. The van der Waals surface area contributed by atoms with Crippen LogP contribution in [0.25, 0.3) is 0 Å². The predicted molar refractivity (Wildman–Crippen MR) is 179 cm³/mol. The molecule has 4 unspecified atom stereocenters. The van der Waals surface area contributed by atoms with Gasteiger partial charge in [0.25, 0.3) is 11.8 Å². The molecule has 254 valence electrons. The Morgan fingerprint density at radius 1 is 0.667 bits per heavy atom. The van der Waals surface area contributed by atoms with Crippen molar-refractivity contribution in [3.63, 3.8) is 0 Å². The Bertz CT molecular complexity index is 1640. The van der Waals surface area contributed by atoms with Gasteiger partial charge in [-0.3, -0.25) is 29.0 Å². The van der Waals surface area contributed by atoms with Crippen molar-refractivity contribution in [1.82, 2.24) is 19.6 Å². The summed E-state index contributed by atoms with van der Waals surface area (Å²) in [5, 5.41) is 0. The third-order valence-corrected chi connectivity index (χ3v) is 11.7. The summed E-state index contributed by atoms with van der Waals surface area (Å²) in [5.74, 6) is -0.478. The van der Waals surface area contributed by atoms with E-state index in [0.29, 0.717) is 29.9 Å². The number of hydrogen-bond acceptors (Lipinski definition) is 6.